The Kier molecular flexibility index (Phi) is 3.45. The standard InChI is InChI=1S/C7H8INO2S/c1-3-11-7(10)5-6(8)12-4(2)9-5/h3H2,1-2H3. The Morgan fingerprint density at radius 2 is 2.42 bits per heavy atom. The fourth-order valence-corrected chi connectivity index (χ4v) is 2.65. The van der Waals surface area contributed by atoms with E-state index < -0.39 is 0 Å². The zero-order chi connectivity index (χ0) is 9.14. The largest absolute Gasteiger partial charge is 0.461 e. The lowest BCUT2D eigenvalue weighted by atomic mass is 10.5. The smallest absolute Gasteiger partial charge is 0.358 e. The van der Waals surface area contributed by atoms with E-state index in [0.717, 1.165) is 7.89 Å². The van der Waals surface area contributed by atoms with Crippen LogP contribution in [0.5, 0.6) is 0 Å². The second-order valence-electron chi connectivity index (χ2n) is 2.08. The Morgan fingerprint density at radius 1 is 1.75 bits per heavy atom. The van der Waals surface area contributed by atoms with Crippen LogP contribution in [-0.4, -0.2) is 17.6 Å². The van der Waals surface area contributed by atoms with Gasteiger partial charge in [-0.1, -0.05) is 0 Å². The molecule has 0 atom stereocenters. The van der Waals surface area contributed by atoms with Crippen molar-refractivity contribution < 1.29 is 9.53 Å². The quantitative estimate of drug-likeness (QED) is 0.621. The van der Waals surface area contributed by atoms with Crippen molar-refractivity contribution in [2.45, 2.75) is 13.8 Å². The predicted molar refractivity (Wildman–Crippen MR) is 55.5 cm³/mol. The highest BCUT2D eigenvalue weighted by molar-refractivity contribution is 14.1. The normalized spacial score (nSPS) is 9.92. The molecule has 0 saturated heterocycles. The summed E-state index contributed by atoms with van der Waals surface area (Å²) >= 11 is 3.59. The first kappa shape index (κ1) is 9.91. The second kappa shape index (κ2) is 4.18. The first-order valence-electron chi connectivity index (χ1n) is 3.45. The van der Waals surface area contributed by atoms with Crippen LogP contribution in [0.15, 0.2) is 0 Å². The first-order chi connectivity index (χ1) is 5.65. The van der Waals surface area contributed by atoms with Crippen LogP contribution in [0.2, 0.25) is 0 Å². The molecule has 5 heteroatoms. The summed E-state index contributed by atoms with van der Waals surface area (Å²) in [6.45, 7) is 4.05. The summed E-state index contributed by atoms with van der Waals surface area (Å²) in [5.41, 5.74) is 0.444. The molecule has 0 aliphatic heterocycles. The Morgan fingerprint density at radius 3 is 2.83 bits per heavy atom. The number of aromatic nitrogens is 1. The number of aryl methyl sites for hydroxylation is 1. The summed E-state index contributed by atoms with van der Waals surface area (Å²) in [6, 6.07) is 0. The second-order valence-corrected chi connectivity index (χ2v) is 5.09. The van der Waals surface area contributed by atoms with E-state index in [2.05, 4.69) is 27.6 Å². The zero-order valence-corrected chi connectivity index (χ0v) is 9.73. The maximum atomic E-state index is 11.2. The van der Waals surface area contributed by atoms with Crippen molar-refractivity contribution in [3.8, 4) is 0 Å². The molecule has 0 aromatic carbocycles. The van der Waals surface area contributed by atoms with Gasteiger partial charge in [-0.05, 0) is 36.4 Å². The lowest BCUT2D eigenvalue weighted by molar-refractivity contribution is 0.0519. The van der Waals surface area contributed by atoms with E-state index in [9.17, 15) is 4.79 Å². The monoisotopic (exact) mass is 297 g/mol. The van der Waals surface area contributed by atoms with Crippen molar-refractivity contribution >= 4 is 39.9 Å². The maximum absolute atomic E-state index is 11.2. The van der Waals surface area contributed by atoms with Gasteiger partial charge in [-0.15, -0.1) is 11.3 Å². The topological polar surface area (TPSA) is 39.2 Å². The minimum absolute atomic E-state index is 0.328. The number of rotatable bonds is 2. The van der Waals surface area contributed by atoms with Crippen molar-refractivity contribution in [2.24, 2.45) is 0 Å². The van der Waals surface area contributed by atoms with Gasteiger partial charge in [0.25, 0.3) is 0 Å². The van der Waals surface area contributed by atoms with Crippen LogP contribution < -0.4 is 0 Å². The average molecular weight is 297 g/mol. The van der Waals surface area contributed by atoms with Crippen molar-refractivity contribution in [1.29, 1.82) is 0 Å². The molecule has 0 radical (unpaired) electrons. The number of halogens is 1. The molecule has 0 fully saturated rings. The van der Waals surface area contributed by atoms with Crippen LogP contribution in [0.3, 0.4) is 0 Å². The van der Waals surface area contributed by atoms with Crippen LogP contribution in [0.4, 0.5) is 0 Å². The molecular weight excluding hydrogens is 289 g/mol. The molecule has 0 bridgehead atoms. The minimum atomic E-state index is -0.328. The average Bonchev–Trinajstić information content (AvgIpc) is 2.30. The van der Waals surface area contributed by atoms with E-state index in [1.807, 2.05) is 6.92 Å². The Labute approximate surface area is 88.3 Å². The van der Waals surface area contributed by atoms with Crippen LogP contribution >= 0.6 is 33.9 Å². The van der Waals surface area contributed by atoms with Gasteiger partial charge in [0.05, 0.1) is 11.6 Å². The summed E-state index contributed by atoms with van der Waals surface area (Å²) in [7, 11) is 0. The molecular formula is C7H8INO2S. The molecule has 66 valence electrons. The third kappa shape index (κ3) is 2.16. The van der Waals surface area contributed by atoms with Crippen molar-refractivity contribution in [1.82, 2.24) is 4.98 Å². The van der Waals surface area contributed by atoms with E-state index in [0.29, 0.717) is 12.3 Å². The minimum Gasteiger partial charge on any atom is -0.461 e. The molecule has 3 nitrogen and oxygen atoms in total. The van der Waals surface area contributed by atoms with E-state index in [4.69, 9.17) is 4.74 Å². The Hall–Kier alpha value is -0.170. The number of thiazole rings is 1. The highest BCUT2D eigenvalue weighted by Crippen LogP contribution is 2.20. The molecule has 1 rings (SSSR count). The molecule has 0 aliphatic carbocycles. The van der Waals surface area contributed by atoms with Gasteiger partial charge in [-0.2, -0.15) is 0 Å². The van der Waals surface area contributed by atoms with Gasteiger partial charge < -0.3 is 4.74 Å². The van der Waals surface area contributed by atoms with Crippen LogP contribution in [0.25, 0.3) is 0 Å². The van der Waals surface area contributed by atoms with Crippen molar-refractivity contribution in [2.75, 3.05) is 6.61 Å². The number of carbonyl (C=O) groups is 1. The number of nitrogens with zero attached hydrogens (tertiary/aromatic N) is 1. The first-order valence-corrected chi connectivity index (χ1v) is 5.34. The van der Waals surface area contributed by atoms with Gasteiger partial charge >= 0.3 is 5.97 Å². The SMILES string of the molecule is CCOC(=O)c1nc(C)sc1I. The van der Waals surface area contributed by atoms with E-state index >= 15 is 0 Å². The summed E-state index contributed by atoms with van der Waals surface area (Å²) in [5.74, 6) is -0.328. The van der Waals surface area contributed by atoms with E-state index in [-0.39, 0.29) is 5.97 Å². The molecule has 0 N–H and O–H groups in total. The van der Waals surface area contributed by atoms with Gasteiger partial charge in [0.15, 0.2) is 5.69 Å². The number of hydrogen-bond acceptors (Lipinski definition) is 4. The fourth-order valence-electron chi connectivity index (χ4n) is 0.728. The van der Waals surface area contributed by atoms with Gasteiger partial charge in [-0.25, -0.2) is 9.78 Å². The molecule has 0 spiro atoms. The predicted octanol–water partition coefficient (Wildman–Crippen LogP) is 2.23. The van der Waals surface area contributed by atoms with Crippen LogP contribution in [0.1, 0.15) is 22.4 Å². The molecule has 0 amide bonds. The molecule has 1 aromatic rings. The molecule has 0 aliphatic rings. The van der Waals surface area contributed by atoms with E-state index in [1.165, 1.54) is 11.3 Å². The molecule has 1 heterocycles. The molecule has 0 unspecified atom stereocenters. The zero-order valence-electron chi connectivity index (χ0n) is 6.76. The molecule has 1 aromatic heterocycles. The third-order valence-corrected chi connectivity index (χ3v) is 3.09. The molecule has 12 heavy (non-hydrogen) atoms. The fraction of sp³-hybridized carbons (Fsp3) is 0.429. The third-order valence-electron chi connectivity index (χ3n) is 1.16. The van der Waals surface area contributed by atoms with Gasteiger partial charge in [-0.3, -0.25) is 0 Å². The maximum Gasteiger partial charge on any atom is 0.358 e. The summed E-state index contributed by atoms with van der Waals surface area (Å²) in [6.07, 6.45) is 0. The Bertz CT molecular complexity index is 298. The number of carbonyl (C=O) groups excluding carboxylic acids is 1. The summed E-state index contributed by atoms with van der Waals surface area (Å²) in [5, 5.41) is 0.891. The lowest BCUT2D eigenvalue weighted by Gasteiger charge is -1.96. The highest BCUT2D eigenvalue weighted by Gasteiger charge is 2.15. The molecule has 0 saturated carbocycles. The van der Waals surface area contributed by atoms with Crippen LogP contribution in [-0.2, 0) is 4.74 Å². The van der Waals surface area contributed by atoms with Gasteiger partial charge in [0.2, 0.25) is 0 Å². The Balaban J connectivity index is 2.87. The number of hydrogen-bond donors (Lipinski definition) is 0. The van der Waals surface area contributed by atoms with Crippen LogP contribution in [0, 0.1) is 9.81 Å². The van der Waals surface area contributed by atoms with Crippen molar-refractivity contribution in [3.05, 3.63) is 13.6 Å². The van der Waals surface area contributed by atoms with Crippen molar-refractivity contribution in [3.63, 3.8) is 0 Å². The summed E-state index contributed by atoms with van der Waals surface area (Å²) in [4.78, 5) is 15.3. The van der Waals surface area contributed by atoms with Gasteiger partial charge in [0, 0.05) is 0 Å². The highest BCUT2D eigenvalue weighted by atomic mass is 127. The lowest BCUT2D eigenvalue weighted by Crippen LogP contribution is -2.06. The van der Waals surface area contributed by atoms with Gasteiger partial charge in [0.1, 0.15) is 2.88 Å². The summed E-state index contributed by atoms with van der Waals surface area (Å²) < 4.78 is 5.71. The number of esters is 1. The van der Waals surface area contributed by atoms with E-state index in [1.54, 1.807) is 6.92 Å². The number of ether oxygens (including phenoxy) is 1.